The van der Waals surface area contributed by atoms with E-state index in [9.17, 15) is 13.5 Å². The minimum atomic E-state index is -3.86. The summed E-state index contributed by atoms with van der Waals surface area (Å²) in [5, 5.41) is 15.8. The Bertz CT molecular complexity index is 685. The van der Waals surface area contributed by atoms with E-state index in [1.165, 1.54) is 6.07 Å². The van der Waals surface area contributed by atoms with Crippen LogP contribution in [0.1, 0.15) is 0 Å². The van der Waals surface area contributed by atoms with E-state index >= 15 is 0 Å². The third-order valence-corrected chi connectivity index (χ3v) is 3.05. The summed E-state index contributed by atoms with van der Waals surface area (Å²) >= 11 is 5.76. The van der Waals surface area contributed by atoms with Crippen LogP contribution in [0.4, 0.5) is 5.69 Å². The number of halogens is 1. The molecule has 0 heterocycles. The van der Waals surface area contributed by atoms with Crippen LogP contribution in [-0.2, 0) is 10.2 Å². The zero-order valence-corrected chi connectivity index (χ0v) is 10.1. The summed E-state index contributed by atoms with van der Waals surface area (Å²) in [7, 11) is -3.86. The first-order valence-corrected chi connectivity index (χ1v) is 6.51. The normalized spacial score (nSPS) is 11.6. The summed E-state index contributed by atoms with van der Waals surface area (Å²) in [6.45, 7) is 0. The van der Waals surface area contributed by atoms with Crippen molar-refractivity contribution in [2.75, 3.05) is 4.72 Å². The SMILES string of the molecule is NS(=O)(=O)Nc1cccc2c(O)c(Cl)ccc12. The van der Waals surface area contributed by atoms with E-state index in [0.29, 0.717) is 10.8 Å². The third-order valence-electron chi connectivity index (χ3n) is 2.24. The maximum absolute atomic E-state index is 11.0. The quantitative estimate of drug-likeness (QED) is 0.778. The van der Waals surface area contributed by atoms with Gasteiger partial charge in [0.1, 0.15) is 5.75 Å². The highest BCUT2D eigenvalue weighted by Gasteiger charge is 2.10. The number of phenols is 1. The maximum Gasteiger partial charge on any atom is 0.296 e. The van der Waals surface area contributed by atoms with Crippen molar-refractivity contribution in [3.8, 4) is 5.75 Å². The number of nitrogens with one attached hydrogen (secondary N) is 1. The molecule has 5 nitrogen and oxygen atoms in total. The summed E-state index contributed by atoms with van der Waals surface area (Å²) in [5.74, 6) is -0.0952. The molecule has 0 saturated heterocycles. The van der Waals surface area contributed by atoms with Crippen LogP contribution in [0.15, 0.2) is 30.3 Å². The van der Waals surface area contributed by atoms with Crippen molar-refractivity contribution in [3.63, 3.8) is 0 Å². The Morgan fingerprint density at radius 1 is 1.18 bits per heavy atom. The first-order chi connectivity index (χ1) is 7.88. The molecule has 2 aromatic rings. The lowest BCUT2D eigenvalue weighted by molar-refractivity contribution is 0.482. The molecule has 0 aliphatic heterocycles. The molecule has 4 N–H and O–H groups in total. The van der Waals surface area contributed by atoms with Gasteiger partial charge in [-0.2, -0.15) is 8.42 Å². The van der Waals surface area contributed by atoms with Crippen molar-refractivity contribution in [2.24, 2.45) is 5.14 Å². The van der Waals surface area contributed by atoms with Gasteiger partial charge in [-0.15, -0.1) is 0 Å². The Labute approximate surface area is 103 Å². The van der Waals surface area contributed by atoms with Gasteiger partial charge in [-0.3, -0.25) is 4.72 Å². The Morgan fingerprint density at radius 3 is 2.53 bits per heavy atom. The van der Waals surface area contributed by atoms with Crippen LogP contribution < -0.4 is 9.86 Å². The zero-order valence-electron chi connectivity index (χ0n) is 8.51. The lowest BCUT2D eigenvalue weighted by Gasteiger charge is -2.09. The first-order valence-electron chi connectivity index (χ1n) is 4.59. The van der Waals surface area contributed by atoms with E-state index in [-0.39, 0.29) is 16.5 Å². The third kappa shape index (κ3) is 2.44. The minimum Gasteiger partial charge on any atom is -0.506 e. The average molecular weight is 273 g/mol. The summed E-state index contributed by atoms with van der Waals surface area (Å²) in [6.07, 6.45) is 0. The minimum absolute atomic E-state index is 0.0952. The molecule has 0 unspecified atom stereocenters. The van der Waals surface area contributed by atoms with Crippen molar-refractivity contribution >= 4 is 38.3 Å². The molecule has 7 heteroatoms. The van der Waals surface area contributed by atoms with E-state index in [1.807, 2.05) is 0 Å². The Hall–Kier alpha value is -1.50. The maximum atomic E-state index is 11.0. The topological polar surface area (TPSA) is 92.4 Å². The highest BCUT2D eigenvalue weighted by Crippen LogP contribution is 2.35. The largest absolute Gasteiger partial charge is 0.506 e. The molecule has 17 heavy (non-hydrogen) atoms. The summed E-state index contributed by atoms with van der Waals surface area (Å²) in [6, 6.07) is 7.84. The Balaban J connectivity index is 2.71. The van der Waals surface area contributed by atoms with Gasteiger partial charge >= 0.3 is 0 Å². The number of benzene rings is 2. The smallest absolute Gasteiger partial charge is 0.296 e. The van der Waals surface area contributed by atoms with Crippen molar-refractivity contribution in [3.05, 3.63) is 35.4 Å². The van der Waals surface area contributed by atoms with Gasteiger partial charge in [0.05, 0.1) is 10.7 Å². The van der Waals surface area contributed by atoms with Crippen LogP contribution in [0.3, 0.4) is 0 Å². The highest BCUT2D eigenvalue weighted by atomic mass is 35.5. The summed E-state index contributed by atoms with van der Waals surface area (Å²) < 4.78 is 24.1. The Morgan fingerprint density at radius 2 is 1.88 bits per heavy atom. The molecule has 90 valence electrons. The number of hydrogen-bond acceptors (Lipinski definition) is 3. The van der Waals surface area contributed by atoms with Crippen LogP contribution >= 0.6 is 11.6 Å². The molecule has 0 radical (unpaired) electrons. The molecular weight excluding hydrogens is 264 g/mol. The van der Waals surface area contributed by atoms with Crippen LogP contribution in [0.2, 0.25) is 5.02 Å². The fourth-order valence-corrected chi connectivity index (χ4v) is 2.21. The fraction of sp³-hybridized carbons (Fsp3) is 0. The van der Waals surface area contributed by atoms with Crippen LogP contribution in [0, 0.1) is 0 Å². The summed E-state index contributed by atoms with van der Waals surface area (Å²) in [4.78, 5) is 0. The zero-order chi connectivity index (χ0) is 12.6. The molecule has 0 bridgehead atoms. The van der Waals surface area contributed by atoms with Gasteiger partial charge in [0, 0.05) is 10.8 Å². The number of phenolic OH excluding ortho intramolecular Hbond substituents is 1. The molecule has 0 aliphatic rings. The highest BCUT2D eigenvalue weighted by molar-refractivity contribution is 7.90. The monoisotopic (exact) mass is 272 g/mol. The molecule has 2 aromatic carbocycles. The fourth-order valence-electron chi connectivity index (χ4n) is 1.56. The van der Waals surface area contributed by atoms with E-state index in [4.69, 9.17) is 16.7 Å². The lowest BCUT2D eigenvalue weighted by Crippen LogP contribution is -2.21. The predicted molar refractivity (Wildman–Crippen MR) is 67.4 cm³/mol. The van der Waals surface area contributed by atoms with Gasteiger partial charge in [-0.25, -0.2) is 5.14 Å². The van der Waals surface area contributed by atoms with Crippen LogP contribution in [0.5, 0.6) is 5.75 Å². The van der Waals surface area contributed by atoms with Gasteiger partial charge < -0.3 is 5.11 Å². The molecule has 0 aliphatic carbocycles. The van der Waals surface area contributed by atoms with Crippen molar-refractivity contribution in [1.82, 2.24) is 0 Å². The molecule has 0 saturated carbocycles. The molecule has 0 spiro atoms. The molecule has 2 rings (SSSR count). The summed E-state index contributed by atoms with van der Waals surface area (Å²) in [5.41, 5.74) is 0.289. The molecule has 0 fully saturated rings. The molecular formula is C10H9ClN2O3S. The second kappa shape index (κ2) is 4.06. The van der Waals surface area contributed by atoms with E-state index < -0.39 is 10.2 Å². The van der Waals surface area contributed by atoms with Gasteiger partial charge in [0.2, 0.25) is 0 Å². The number of anilines is 1. The first kappa shape index (κ1) is 12.0. The van der Waals surface area contributed by atoms with Gasteiger partial charge in [-0.1, -0.05) is 29.8 Å². The van der Waals surface area contributed by atoms with Crippen LogP contribution in [-0.4, -0.2) is 13.5 Å². The van der Waals surface area contributed by atoms with E-state index in [0.717, 1.165) is 0 Å². The number of fused-ring (bicyclic) bond motifs is 1. The van der Waals surface area contributed by atoms with E-state index in [2.05, 4.69) is 4.72 Å². The van der Waals surface area contributed by atoms with Crippen molar-refractivity contribution < 1.29 is 13.5 Å². The Kier molecular flexibility index (Phi) is 2.86. The molecule has 0 aromatic heterocycles. The average Bonchev–Trinajstić information content (AvgIpc) is 2.22. The van der Waals surface area contributed by atoms with Gasteiger partial charge in [-0.05, 0) is 12.1 Å². The van der Waals surface area contributed by atoms with Crippen LogP contribution in [0.25, 0.3) is 10.8 Å². The second-order valence-corrected chi connectivity index (χ2v) is 5.15. The van der Waals surface area contributed by atoms with Crippen molar-refractivity contribution in [1.29, 1.82) is 0 Å². The standard InChI is InChI=1S/C10H9ClN2O3S/c11-8-5-4-6-7(10(8)14)2-1-3-9(6)13-17(12,15)16/h1-5,13-14H,(H2,12,15,16). The van der Waals surface area contributed by atoms with Gasteiger partial charge in [0.25, 0.3) is 10.2 Å². The number of rotatable bonds is 2. The number of aromatic hydroxyl groups is 1. The number of nitrogens with two attached hydrogens (primary N) is 1. The van der Waals surface area contributed by atoms with Crippen molar-refractivity contribution in [2.45, 2.75) is 0 Å². The predicted octanol–water partition coefficient (Wildman–Crippen LogP) is 1.81. The second-order valence-electron chi connectivity index (χ2n) is 3.44. The van der Waals surface area contributed by atoms with Gasteiger partial charge in [0.15, 0.2) is 0 Å². The number of hydrogen-bond donors (Lipinski definition) is 3. The molecule has 0 atom stereocenters. The lowest BCUT2D eigenvalue weighted by atomic mass is 10.1. The molecule has 0 amide bonds. The van der Waals surface area contributed by atoms with E-state index in [1.54, 1.807) is 24.3 Å².